The van der Waals surface area contributed by atoms with E-state index in [-0.39, 0.29) is 0 Å². The van der Waals surface area contributed by atoms with E-state index in [1.165, 1.54) is 22.3 Å². The van der Waals surface area contributed by atoms with Gasteiger partial charge in [0.1, 0.15) is 0 Å². The van der Waals surface area contributed by atoms with Crippen LogP contribution in [0, 0.1) is 0 Å². The SMILES string of the molecule is c1ccc(-c2ccc(N(c3ccc(-c4ccccc4)cc3)c3ccc(-c4ccc5c(c4)Oc4ccccc4O5)cc3)cc2)cc1. The van der Waals surface area contributed by atoms with Crippen LogP contribution in [0.5, 0.6) is 23.0 Å². The molecule has 7 aromatic carbocycles. The minimum atomic E-state index is 0.717. The molecule has 1 heterocycles. The summed E-state index contributed by atoms with van der Waals surface area (Å²) in [5, 5.41) is 0. The Morgan fingerprint density at radius 2 is 0.600 bits per heavy atom. The van der Waals surface area contributed by atoms with Crippen molar-refractivity contribution in [3.63, 3.8) is 0 Å². The molecule has 0 N–H and O–H groups in total. The molecule has 214 valence electrons. The third-order valence-electron chi connectivity index (χ3n) is 8.16. The van der Waals surface area contributed by atoms with Gasteiger partial charge in [-0.2, -0.15) is 0 Å². The first-order chi connectivity index (χ1) is 22.3. The topological polar surface area (TPSA) is 21.7 Å². The number of fused-ring (bicyclic) bond motifs is 2. The van der Waals surface area contributed by atoms with Gasteiger partial charge in [0.05, 0.1) is 0 Å². The van der Waals surface area contributed by atoms with Crippen molar-refractivity contribution < 1.29 is 9.47 Å². The first-order valence-electron chi connectivity index (χ1n) is 15.1. The van der Waals surface area contributed by atoms with Crippen LogP contribution in [0.4, 0.5) is 17.1 Å². The smallest absolute Gasteiger partial charge is 0.170 e. The van der Waals surface area contributed by atoms with Gasteiger partial charge < -0.3 is 14.4 Å². The Morgan fingerprint density at radius 3 is 1.07 bits per heavy atom. The van der Waals surface area contributed by atoms with Gasteiger partial charge >= 0.3 is 0 Å². The molecule has 45 heavy (non-hydrogen) atoms. The van der Waals surface area contributed by atoms with E-state index < -0.39 is 0 Å². The maximum absolute atomic E-state index is 6.17. The van der Waals surface area contributed by atoms with Gasteiger partial charge in [0.25, 0.3) is 0 Å². The highest BCUT2D eigenvalue weighted by Crippen LogP contribution is 2.46. The highest BCUT2D eigenvalue weighted by atomic mass is 16.6. The Bertz CT molecular complexity index is 1990. The number of benzene rings is 7. The molecule has 8 rings (SSSR count). The summed E-state index contributed by atoms with van der Waals surface area (Å²) < 4.78 is 12.2. The second-order valence-corrected chi connectivity index (χ2v) is 11.0. The van der Waals surface area contributed by atoms with Crippen molar-refractivity contribution in [3.05, 3.63) is 176 Å². The minimum Gasteiger partial charge on any atom is -0.450 e. The fourth-order valence-electron chi connectivity index (χ4n) is 5.82. The van der Waals surface area contributed by atoms with Gasteiger partial charge in [-0.25, -0.2) is 0 Å². The summed E-state index contributed by atoms with van der Waals surface area (Å²) in [5.41, 5.74) is 10.2. The van der Waals surface area contributed by atoms with Crippen molar-refractivity contribution in [2.75, 3.05) is 4.90 Å². The van der Waals surface area contributed by atoms with E-state index in [4.69, 9.17) is 9.47 Å². The van der Waals surface area contributed by atoms with Gasteiger partial charge in [0.2, 0.25) is 0 Å². The summed E-state index contributed by atoms with van der Waals surface area (Å²) in [6.07, 6.45) is 0. The zero-order valence-electron chi connectivity index (χ0n) is 24.5. The third kappa shape index (κ3) is 5.32. The summed E-state index contributed by atoms with van der Waals surface area (Å²) in [4.78, 5) is 2.30. The van der Waals surface area contributed by atoms with Gasteiger partial charge in [-0.15, -0.1) is 0 Å². The van der Waals surface area contributed by atoms with Gasteiger partial charge in [0, 0.05) is 17.1 Å². The van der Waals surface area contributed by atoms with E-state index in [1.54, 1.807) is 0 Å². The second-order valence-electron chi connectivity index (χ2n) is 11.0. The van der Waals surface area contributed by atoms with E-state index in [0.29, 0.717) is 5.75 Å². The van der Waals surface area contributed by atoms with Crippen molar-refractivity contribution in [1.82, 2.24) is 0 Å². The number of para-hydroxylation sites is 2. The fraction of sp³-hybridized carbons (Fsp3) is 0. The minimum absolute atomic E-state index is 0.717. The molecule has 0 aromatic heterocycles. The molecule has 0 atom stereocenters. The summed E-state index contributed by atoms with van der Waals surface area (Å²) in [7, 11) is 0. The summed E-state index contributed by atoms with van der Waals surface area (Å²) in [6.45, 7) is 0. The molecule has 0 spiro atoms. The van der Waals surface area contributed by atoms with Crippen LogP contribution in [-0.2, 0) is 0 Å². The van der Waals surface area contributed by atoms with E-state index in [9.17, 15) is 0 Å². The number of rotatable bonds is 6. The van der Waals surface area contributed by atoms with E-state index in [0.717, 1.165) is 45.4 Å². The lowest BCUT2D eigenvalue weighted by Crippen LogP contribution is -2.09. The largest absolute Gasteiger partial charge is 0.450 e. The van der Waals surface area contributed by atoms with Crippen LogP contribution in [0.15, 0.2) is 176 Å². The lowest BCUT2D eigenvalue weighted by Gasteiger charge is -2.26. The Kier molecular flexibility index (Phi) is 6.82. The maximum Gasteiger partial charge on any atom is 0.170 e. The molecular weight excluding hydrogens is 550 g/mol. The molecule has 0 amide bonds. The molecule has 0 bridgehead atoms. The van der Waals surface area contributed by atoms with E-state index >= 15 is 0 Å². The Morgan fingerprint density at radius 1 is 0.267 bits per heavy atom. The van der Waals surface area contributed by atoms with Crippen molar-refractivity contribution >= 4 is 17.1 Å². The molecule has 0 fully saturated rings. The Labute approximate surface area is 263 Å². The number of hydrogen-bond acceptors (Lipinski definition) is 3. The first-order valence-corrected chi connectivity index (χ1v) is 15.1. The number of ether oxygens (including phenoxy) is 2. The van der Waals surface area contributed by atoms with Crippen LogP contribution in [0.2, 0.25) is 0 Å². The number of anilines is 3. The molecule has 7 aromatic rings. The third-order valence-corrected chi connectivity index (χ3v) is 8.16. The average Bonchev–Trinajstić information content (AvgIpc) is 3.12. The van der Waals surface area contributed by atoms with Crippen molar-refractivity contribution in [2.24, 2.45) is 0 Å². The monoisotopic (exact) mass is 579 g/mol. The molecule has 3 nitrogen and oxygen atoms in total. The van der Waals surface area contributed by atoms with Crippen molar-refractivity contribution in [3.8, 4) is 56.4 Å². The molecule has 0 saturated heterocycles. The number of hydrogen-bond donors (Lipinski definition) is 0. The molecule has 3 heteroatoms. The number of nitrogens with zero attached hydrogens (tertiary/aromatic N) is 1. The highest BCUT2D eigenvalue weighted by molar-refractivity contribution is 5.81. The molecule has 1 aliphatic rings. The van der Waals surface area contributed by atoms with Crippen LogP contribution >= 0.6 is 0 Å². The van der Waals surface area contributed by atoms with Crippen molar-refractivity contribution in [1.29, 1.82) is 0 Å². The Balaban J connectivity index is 1.13. The quantitative estimate of drug-likeness (QED) is 0.196. The zero-order chi connectivity index (χ0) is 30.0. The summed E-state index contributed by atoms with van der Waals surface area (Å²) in [6, 6.07) is 61.0. The van der Waals surface area contributed by atoms with Gasteiger partial charge in [-0.1, -0.05) is 115 Å². The lowest BCUT2D eigenvalue weighted by atomic mass is 10.0. The molecule has 1 aliphatic heterocycles. The van der Waals surface area contributed by atoms with E-state index in [1.807, 2.05) is 48.5 Å². The summed E-state index contributed by atoms with van der Waals surface area (Å²) >= 11 is 0. The normalized spacial score (nSPS) is 11.5. The Hall–Kier alpha value is -6.06. The zero-order valence-corrected chi connectivity index (χ0v) is 24.5. The van der Waals surface area contributed by atoms with Crippen molar-refractivity contribution in [2.45, 2.75) is 0 Å². The highest BCUT2D eigenvalue weighted by Gasteiger charge is 2.19. The van der Waals surface area contributed by atoms with Crippen LogP contribution in [0.25, 0.3) is 33.4 Å². The van der Waals surface area contributed by atoms with Crippen LogP contribution < -0.4 is 14.4 Å². The first kappa shape index (κ1) is 26.6. The molecule has 0 saturated carbocycles. The van der Waals surface area contributed by atoms with Gasteiger partial charge in [0.15, 0.2) is 23.0 Å². The molecule has 0 unspecified atom stereocenters. The van der Waals surface area contributed by atoms with E-state index in [2.05, 4.69) is 132 Å². The van der Waals surface area contributed by atoms with Crippen LogP contribution in [0.1, 0.15) is 0 Å². The predicted molar refractivity (Wildman–Crippen MR) is 184 cm³/mol. The standard InChI is InChI=1S/C42H29NO2/c1-3-9-30(10-4-1)32-15-22-36(23-16-32)43(37-24-17-33(18-25-37)31-11-5-2-6-12-31)38-26-19-34(20-27-38)35-21-28-41-42(29-35)45-40-14-8-7-13-39(40)44-41/h1-29H. The predicted octanol–water partition coefficient (Wildman–Crippen LogP) is 12.1. The average molecular weight is 580 g/mol. The van der Waals surface area contributed by atoms with Gasteiger partial charge in [-0.05, 0) is 94.0 Å². The van der Waals surface area contributed by atoms with Gasteiger partial charge in [-0.3, -0.25) is 0 Å². The molecule has 0 aliphatic carbocycles. The van der Waals surface area contributed by atoms with Crippen LogP contribution in [0.3, 0.4) is 0 Å². The second kappa shape index (κ2) is 11.6. The molecule has 0 radical (unpaired) electrons. The fourth-order valence-corrected chi connectivity index (χ4v) is 5.82. The molecular formula is C42H29NO2. The van der Waals surface area contributed by atoms with Crippen LogP contribution in [-0.4, -0.2) is 0 Å². The lowest BCUT2D eigenvalue weighted by molar-refractivity contribution is 0.360. The summed E-state index contributed by atoms with van der Waals surface area (Å²) in [5.74, 6) is 2.90. The maximum atomic E-state index is 6.17.